The first-order chi connectivity index (χ1) is 19.4. The summed E-state index contributed by atoms with van der Waals surface area (Å²) in [5, 5.41) is 9.56. The Bertz CT molecular complexity index is 1580. The van der Waals surface area contributed by atoms with E-state index in [0.717, 1.165) is 43.0 Å². The molecule has 0 spiro atoms. The van der Waals surface area contributed by atoms with Crippen LogP contribution in [0, 0.1) is 23.0 Å². The van der Waals surface area contributed by atoms with Crippen molar-refractivity contribution in [1.82, 2.24) is 24.4 Å². The van der Waals surface area contributed by atoms with Crippen LogP contribution in [0.2, 0.25) is 5.02 Å². The number of halogens is 3. The number of pyridine rings is 2. The van der Waals surface area contributed by atoms with Gasteiger partial charge in [0.25, 0.3) is 5.88 Å². The van der Waals surface area contributed by atoms with Crippen LogP contribution < -0.4 is 4.74 Å². The number of fused-ring (bicyclic) bond motifs is 1. The van der Waals surface area contributed by atoms with E-state index in [-0.39, 0.29) is 24.5 Å². The summed E-state index contributed by atoms with van der Waals surface area (Å²) in [6, 6.07) is 11.1. The van der Waals surface area contributed by atoms with Gasteiger partial charge in [0, 0.05) is 42.9 Å². The largest absolute Gasteiger partial charge is 0.472 e. The molecule has 2 saturated heterocycles. The highest BCUT2D eigenvalue weighted by Crippen LogP contribution is 2.26. The number of nitrogens with zero attached hydrogens (tertiary/aromatic N) is 6. The number of likely N-dealkylation sites (tertiary alicyclic amines) is 1. The summed E-state index contributed by atoms with van der Waals surface area (Å²) in [6.45, 7) is 3.58. The minimum atomic E-state index is -0.542. The maximum absolute atomic E-state index is 14.6. The lowest BCUT2D eigenvalue weighted by atomic mass is 10.1. The number of imidazole rings is 1. The van der Waals surface area contributed by atoms with E-state index in [1.54, 1.807) is 24.4 Å². The Labute approximate surface area is 235 Å². The maximum atomic E-state index is 14.6. The van der Waals surface area contributed by atoms with E-state index >= 15 is 0 Å². The molecule has 3 aromatic heterocycles. The maximum Gasteiger partial charge on any atom is 0.250 e. The lowest BCUT2D eigenvalue weighted by molar-refractivity contribution is -0.0592. The van der Waals surface area contributed by atoms with Crippen LogP contribution in [0.25, 0.3) is 11.0 Å². The van der Waals surface area contributed by atoms with Gasteiger partial charge in [-0.2, -0.15) is 5.26 Å². The average molecular weight is 565 g/mol. The Morgan fingerprint density at radius 1 is 1.07 bits per heavy atom. The van der Waals surface area contributed by atoms with Crippen LogP contribution in [0.4, 0.5) is 8.78 Å². The number of benzene rings is 1. The molecule has 6 rings (SSSR count). The number of nitriles is 1. The van der Waals surface area contributed by atoms with Crippen molar-refractivity contribution in [2.75, 3.05) is 19.7 Å². The lowest BCUT2D eigenvalue weighted by Crippen LogP contribution is -2.39. The number of hydrogen-bond donors (Lipinski definition) is 0. The highest BCUT2D eigenvalue weighted by molar-refractivity contribution is 6.30. The topological polar surface area (TPSA) is 89.1 Å². The van der Waals surface area contributed by atoms with Gasteiger partial charge >= 0.3 is 0 Å². The fraction of sp³-hybridized carbons (Fsp3) is 0.379. The van der Waals surface area contributed by atoms with Crippen molar-refractivity contribution in [2.45, 2.75) is 51.0 Å². The van der Waals surface area contributed by atoms with Gasteiger partial charge in [-0.25, -0.2) is 23.7 Å². The summed E-state index contributed by atoms with van der Waals surface area (Å²) in [6.07, 6.45) is 4.28. The number of piperidine rings is 1. The van der Waals surface area contributed by atoms with Crippen LogP contribution in [-0.2, 0) is 24.2 Å². The van der Waals surface area contributed by atoms with Gasteiger partial charge in [-0.1, -0.05) is 17.7 Å². The molecule has 1 aromatic carbocycles. The second kappa shape index (κ2) is 11.5. The second-order valence-electron chi connectivity index (χ2n) is 10.2. The van der Waals surface area contributed by atoms with E-state index in [9.17, 15) is 14.0 Å². The lowest BCUT2D eigenvalue weighted by Gasteiger charge is -2.32. The molecule has 4 aromatic rings. The Kier molecular flexibility index (Phi) is 7.61. The Morgan fingerprint density at radius 2 is 1.90 bits per heavy atom. The molecule has 0 N–H and O–H groups in total. The van der Waals surface area contributed by atoms with E-state index in [1.165, 1.54) is 18.2 Å². The standard InChI is InChI=1S/C29H27ClF2N6O2/c30-19-2-1-18(25(32)12-19)11-20-3-4-24(31)29(35-20)40-22-5-8-37(9-6-22)17-28-36-26-13-21(14-33)34-15-27(26)38(28)16-23-7-10-39-23/h1-4,12-13,15,22-23H,5-11,16-17H2. The van der Waals surface area contributed by atoms with Gasteiger partial charge in [0.05, 0.1) is 36.4 Å². The first kappa shape index (κ1) is 26.6. The molecule has 0 aliphatic carbocycles. The van der Waals surface area contributed by atoms with Gasteiger partial charge in [-0.05, 0) is 49.1 Å². The van der Waals surface area contributed by atoms with Crippen LogP contribution in [0.3, 0.4) is 0 Å². The van der Waals surface area contributed by atoms with Crippen LogP contribution >= 0.6 is 11.6 Å². The predicted molar refractivity (Wildman–Crippen MR) is 144 cm³/mol. The quantitative estimate of drug-likeness (QED) is 0.296. The number of ether oxygens (including phenoxy) is 2. The van der Waals surface area contributed by atoms with Crippen molar-refractivity contribution in [1.29, 1.82) is 5.26 Å². The van der Waals surface area contributed by atoms with Crippen molar-refractivity contribution in [3.05, 3.63) is 82.0 Å². The van der Waals surface area contributed by atoms with Gasteiger partial charge in [-0.3, -0.25) is 4.90 Å². The molecule has 5 heterocycles. The molecular weight excluding hydrogens is 538 g/mol. The molecule has 1 atom stereocenters. The smallest absolute Gasteiger partial charge is 0.250 e. The van der Waals surface area contributed by atoms with Crippen molar-refractivity contribution in [3.63, 3.8) is 0 Å². The van der Waals surface area contributed by atoms with Crippen molar-refractivity contribution in [2.24, 2.45) is 0 Å². The third kappa shape index (κ3) is 5.77. The van der Waals surface area contributed by atoms with Crippen molar-refractivity contribution >= 4 is 22.6 Å². The molecule has 0 radical (unpaired) electrons. The average Bonchev–Trinajstić information content (AvgIpc) is 3.26. The summed E-state index contributed by atoms with van der Waals surface area (Å²) in [4.78, 5) is 15.7. The minimum absolute atomic E-state index is 0.0617. The monoisotopic (exact) mass is 564 g/mol. The van der Waals surface area contributed by atoms with E-state index in [4.69, 9.17) is 26.1 Å². The molecule has 11 heteroatoms. The first-order valence-electron chi connectivity index (χ1n) is 13.3. The van der Waals surface area contributed by atoms with Gasteiger partial charge in [0.2, 0.25) is 0 Å². The molecule has 2 aliphatic heterocycles. The molecule has 0 bridgehead atoms. The molecular formula is C29H27ClF2N6O2. The van der Waals surface area contributed by atoms with Crippen molar-refractivity contribution < 1.29 is 18.3 Å². The van der Waals surface area contributed by atoms with Gasteiger partial charge < -0.3 is 14.0 Å². The van der Waals surface area contributed by atoms with E-state index in [2.05, 4.69) is 25.5 Å². The zero-order valence-corrected chi connectivity index (χ0v) is 22.4. The van der Waals surface area contributed by atoms with Crippen LogP contribution in [-0.4, -0.2) is 56.3 Å². The summed E-state index contributed by atoms with van der Waals surface area (Å²) in [7, 11) is 0. The van der Waals surface area contributed by atoms with E-state index in [0.29, 0.717) is 47.9 Å². The first-order valence-corrected chi connectivity index (χ1v) is 13.7. The normalized spacial score (nSPS) is 18.0. The molecule has 2 fully saturated rings. The summed E-state index contributed by atoms with van der Waals surface area (Å²) in [5.41, 5.74) is 2.92. The van der Waals surface area contributed by atoms with Crippen LogP contribution in [0.1, 0.15) is 42.0 Å². The molecule has 2 aliphatic rings. The summed E-state index contributed by atoms with van der Waals surface area (Å²) in [5.74, 6) is -0.131. The Hall–Kier alpha value is -3.65. The zero-order chi connectivity index (χ0) is 27.6. The molecule has 40 heavy (non-hydrogen) atoms. The third-order valence-electron chi connectivity index (χ3n) is 7.44. The summed E-state index contributed by atoms with van der Waals surface area (Å²) < 4.78 is 42.6. The van der Waals surface area contributed by atoms with E-state index in [1.807, 2.05) is 0 Å². The molecule has 8 nitrogen and oxygen atoms in total. The SMILES string of the molecule is N#Cc1cc2nc(CN3CCC(Oc4nc(Cc5ccc(Cl)cc5F)ccc4F)CC3)n(CC3CCO3)c2cn1. The van der Waals surface area contributed by atoms with Crippen molar-refractivity contribution in [3.8, 4) is 11.9 Å². The third-order valence-corrected chi connectivity index (χ3v) is 7.68. The number of hydrogen-bond acceptors (Lipinski definition) is 7. The second-order valence-corrected chi connectivity index (χ2v) is 10.6. The molecule has 1 unspecified atom stereocenters. The molecule has 0 amide bonds. The number of aromatic nitrogens is 4. The highest BCUT2D eigenvalue weighted by atomic mass is 35.5. The fourth-order valence-electron chi connectivity index (χ4n) is 5.14. The molecule has 206 valence electrons. The van der Waals surface area contributed by atoms with Gasteiger partial charge in [0.1, 0.15) is 29.5 Å². The van der Waals surface area contributed by atoms with Crippen LogP contribution in [0.5, 0.6) is 5.88 Å². The molecule has 0 saturated carbocycles. The van der Waals surface area contributed by atoms with Crippen LogP contribution in [0.15, 0.2) is 42.6 Å². The van der Waals surface area contributed by atoms with Gasteiger partial charge in [-0.15, -0.1) is 0 Å². The highest BCUT2D eigenvalue weighted by Gasteiger charge is 2.26. The zero-order valence-electron chi connectivity index (χ0n) is 21.7. The van der Waals surface area contributed by atoms with Gasteiger partial charge in [0.15, 0.2) is 5.82 Å². The van der Waals surface area contributed by atoms with E-state index < -0.39 is 11.6 Å². The fourth-order valence-corrected chi connectivity index (χ4v) is 5.30. The number of rotatable bonds is 8. The summed E-state index contributed by atoms with van der Waals surface area (Å²) >= 11 is 5.84. The Balaban J connectivity index is 1.10. The predicted octanol–water partition coefficient (Wildman–Crippen LogP) is 5.05. The Morgan fingerprint density at radius 3 is 2.62 bits per heavy atom. The minimum Gasteiger partial charge on any atom is -0.472 e.